The monoisotopic (exact) mass is 239 g/mol. The standard InChI is InChI=1S/C14H29N3/c1-13-12-17(11-10-16(13)2)9-8-15-14-6-4-3-5-7-14/h13-15H,3-12H2,1-2H3. The van der Waals surface area contributed by atoms with Gasteiger partial charge in [0.05, 0.1) is 0 Å². The second kappa shape index (κ2) is 6.72. The van der Waals surface area contributed by atoms with Crippen LogP contribution in [0.1, 0.15) is 39.0 Å². The SMILES string of the molecule is CC1CN(CCNC2CCCCC2)CCN1C. The lowest BCUT2D eigenvalue weighted by atomic mass is 9.95. The van der Waals surface area contributed by atoms with Gasteiger partial charge in [0.2, 0.25) is 0 Å². The molecule has 2 fully saturated rings. The molecule has 1 atom stereocenters. The number of likely N-dealkylation sites (N-methyl/N-ethyl adjacent to an activating group) is 1. The third-order valence-electron chi connectivity index (χ3n) is 4.51. The molecule has 17 heavy (non-hydrogen) atoms. The van der Waals surface area contributed by atoms with E-state index in [4.69, 9.17) is 0 Å². The molecule has 0 aromatic heterocycles. The summed E-state index contributed by atoms with van der Waals surface area (Å²) in [5.41, 5.74) is 0. The van der Waals surface area contributed by atoms with E-state index in [1.54, 1.807) is 0 Å². The van der Waals surface area contributed by atoms with Crippen LogP contribution in [0.25, 0.3) is 0 Å². The molecule has 0 amide bonds. The van der Waals surface area contributed by atoms with Gasteiger partial charge >= 0.3 is 0 Å². The number of hydrogen-bond donors (Lipinski definition) is 1. The molecule has 2 aliphatic rings. The molecule has 0 aromatic rings. The summed E-state index contributed by atoms with van der Waals surface area (Å²) >= 11 is 0. The molecule has 1 saturated carbocycles. The summed E-state index contributed by atoms with van der Waals surface area (Å²) < 4.78 is 0. The topological polar surface area (TPSA) is 18.5 Å². The summed E-state index contributed by atoms with van der Waals surface area (Å²) in [5.74, 6) is 0. The van der Waals surface area contributed by atoms with E-state index in [2.05, 4.69) is 29.1 Å². The first-order chi connectivity index (χ1) is 8.25. The summed E-state index contributed by atoms with van der Waals surface area (Å²) in [7, 11) is 2.24. The first-order valence-corrected chi connectivity index (χ1v) is 7.41. The largest absolute Gasteiger partial charge is 0.313 e. The predicted octanol–water partition coefficient (Wildman–Crippen LogP) is 1.54. The number of piperazine rings is 1. The van der Waals surface area contributed by atoms with Gasteiger partial charge in [0.1, 0.15) is 0 Å². The molecular formula is C14H29N3. The van der Waals surface area contributed by atoms with Crippen molar-refractivity contribution in [2.24, 2.45) is 0 Å². The zero-order chi connectivity index (χ0) is 12.1. The van der Waals surface area contributed by atoms with E-state index < -0.39 is 0 Å². The summed E-state index contributed by atoms with van der Waals surface area (Å²) in [5, 5.41) is 3.74. The Labute approximate surface area is 107 Å². The van der Waals surface area contributed by atoms with Crippen molar-refractivity contribution in [2.75, 3.05) is 39.8 Å². The molecule has 2 rings (SSSR count). The predicted molar refractivity (Wildman–Crippen MR) is 73.4 cm³/mol. The number of nitrogens with one attached hydrogen (secondary N) is 1. The van der Waals surface area contributed by atoms with Gasteiger partial charge in [-0.15, -0.1) is 0 Å². The third kappa shape index (κ3) is 4.23. The number of rotatable bonds is 4. The van der Waals surface area contributed by atoms with Crippen molar-refractivity contribution in [1.29, 1.82) is 0 Å². The molecule has 1 heterocycles. The molecule has 0 aromatic carbocycles. The van der Waals surface area contributed by atoms with Gasteiger partial charge < -0.3 is 10.2 Å². The molecule has 1 N–H and O–H groups in total. The van der Waals surface area contributed by atoms with Crippen LogP contribution in [-0.4, -0.2) is 61.7 Å². The van der Waals surface area contributed by atoms with E-state index in [0.29, 0.717) is 0 Å². The van der Waals surface area contributed by atoms with Crippen molar-refractivity contribution in [3.63, 3.8) is 0 Å². The van der Waals surface area contributed by atoms with Gasteiger partial charge in [-0.3, -0.25) is 4.90 Å². The Hall–Kier alpha value is -0.120. The average molecular weight is 239 g/mol. The van der Waals surface area contributed by atoms with Gasteiger partial charge in [0.15, 0.2) is 0 Å². The molecule has 3 heteroatoms. The van der Waals surface area contributed by atoms with Crippen LogP contribution in [0.5, 0.6) is 0 Å². The smallest absolute Gasteiger partial charge is 0.0192 e. The molecule has 1 aliphatic carbocycles. The van der Waals surface area contributed by atoms with Crippen molar-refractivity contribution < 1.29 is 0 Å². The maximum atomic E-state index is 3.74. The van der Waals surface area contributed by atoms with Gasteiger partial charge in [-0.2, -0.15) is 0 Å². The Morgan fingerprint density at radius 2 is 1.88 bits per heavy atom. The minimum atomic E-state index is 0.721. The highest BCUT2D eigenvalue weighted by atomic mass is 15.3. The highest BCUT2D eigenvalue weighted by molar-refractivity contribution is 4.78. The fourth-order valence-electron chi connectivity index (χ4n) is 3.06. The molecule has 1 unspecified atom stereocenters. The van der Waals surface area contributed by atoms with Crippen LogP contribution in [0.4, 0.5) is 0 Å². The summed E-state index contributed by atoms with van der Waals surface area (Å²) in [4.78, 5) is 5.07. The van der Waals surface area contributed by atoms with E-state index in [1.807, 2.05) is 0 Å². The summed E-state index contributed by atoms with van der Waals surface area (Å²) in [6.07, 6.45) is 7.12. The van der Waals surface area contributed by atoms with E-state index >= 15 is 0 Å². The van der Waals surface area contributed by atoms with Crippen LogP contribution in [0.3, 0.4) is 0 Å². The Kier molecular flexibility index (Phi) is 5.26. The minimum Gasteiger partial charge on any atom is -0.313 e. The lowest BCUT2D eigenvalue weighted by molar-refractivity contribution is 0.105. The average Bonchev–Trinajstić information content (AvgIpc) is 2.35. The number of hydrogen-bond acceptors (Lipinski definition) is 3. The summed E-state index contributed by atoms with van der Waals surface area (Å²) in [6.45, 7) is 8.46. The second-order valence-corrected chi connectivity index (χ2v) is 5.92. The van der Waals surface area contributed by atoms with Crippen molar-refractivity contribution >= 4 is 0 Å². The lowest BCUT2D eigenvalue weighted by Gasteiger charge is -2.38. The van der Waals surface area contributed by atoms with E-state index in [1.165, 1.54) is 64.8 Å². The van der Waals surface area contributed by atoms with E-state index in [0.717, 1.165) is 12.1 Å². The zero-order valence-electron chi connectivity index (χ0n) is 11.6. The second-order valence-electron chi connectivity index (χ2n) is 5.92. The first kappa shape index (κ1) is 13.3. The fraction of sp³-hybridized carbons (Fsp3) is 1.00. The molecule has 0 bridgehead atoms. The Morgan fingerprint density at radius 1 is 1.12 bits per heavy atom. The lowest BCUT2D eigenvalue weighted by Crippen LogP contribution is -2.51. The molecule has 0 radical (unpaired) electrons. The van der Waals surface area contributed by atoms with Crippen molar-refractivity contribution in [3.8, 4) is 0 Å². The van der Waals surface area contributed by atoms with Crippen molar-refractivity contribution in [3.05, 3.63) is 0 Å². The van der Waals surface area contributed by atoms with Crippen molar-refractivity contribution in [2.45, 2.75) is 51.1 Å². The third-order valence-corrected chi connectivity index (χ3v) is 4.51. The highest BCUT2D eigenvalue weighted by Crippen LogP contribution is 2.17. The van der Waals surface area contributed by atoms with Crippen LogP contribution in [-0.2, 0) is 0 Å². The maximum absolute atomic E-state index is 3.74. The van der Waals surface area contributed by atoms with Crippen molar-refractivity contribution in [1.82, 2.24) is 15.1 Å². The van der Waals surface area contributed by atoms with Gasteiger partial charge in [-0.25, -0.2) is 0 Å². The normalized spacial score (nSPS) is 29.6. The maximum Gasteiger partial charge on any atom is 0.0192 e. The van der Waals surface area contributed by atoms with Crippen LogP contribution in [0, 0.1) is 0 Å². The zero-order valence-corrected chi connectivity index (χ0v) is 11.6. The van der Waals surface area contributed by atoms with E-state index in [9.17, 15) is 0 Å². The minimum absolute atomic E-state index is 0.721. The highest BCUT2D eigenvalue weighted by Gasteiger charge is 2.20. The Morgan fingerprint density at radius 3 is 2.59 bits per heavy atom. The van der Waals surface area contributed by atoms with Gasteiger partial charge in [0.25, 0.3) is 0 Å². The van der Waals surface area contributed by atoms with Gasteiger partial charge in [-0.1, -0.05) is 19.3 Å². The van der Waals surface area contributed by atoms with E-state index in [-0.39, 0.29) is 0 Å². The molecule has 1 saturated heterocycles. The molecular weight excluding hydrogens is 210 g/mol. The van der Waals surface area contributed by atoms with Gasteiger partial charge in [-0.05, 0) is 26.8 Å². The molecule has 0 spiro atoms. The van der Waals surface area contributed by atoms with Crippen LogP contribution >= 0.6 is 0 Å². The molecule has 1 aliphatic heterocycles. The van der Waals surface area contributed by atoms with Gasteiger partial charge in [0, 0.05) is 44.8 Å². The quantitative estimate of drug-likeness (QED) is 0.803. The fourth-order valence-corrected chi connectivity index (χ4v) is 3.06. The van der Waals surface area contributed by atoms with Crippen LogP contribution in [0.2, 0.25) is 0 Å². The van der Waals surface area contributed by atoms with Crippen LogP contribution in [0.15, 0.2) is 0 Å². The Bertz CT molecular complexity index is 214. The first-order valence-electron chi connectivity index (χ1n) is 7.41. The number of nitrogens with zero attached hydrogens (tertiary/aromatic N) is 2. The summed E-state index contributed by atoms with van der Waals surface area (Å²) in [6, 6.07) is 1.53. The Balaban J connectivity index is 1.58. The molecule has 100 valence electrons. The van der Waals surface area contributed by atoms with Crippen LogP contribution < -0.4 is 5.32 Å². The molecule has 3 nitrogen and oxygen atoms in total.